The molecule has 0 heterocycles. The van der Waals surface area contributed by atoms with Crippen LogP contribution in [0.25, 0.3) is 0 Å². The first-order chi connectivity index (χ1) is 6.09. The molecule has 1 nitrogen and oxygen atoms in total. The highest BCUT2D eigenvalue weighted by molar-refractivity contribution is 6.34. The van der Waals surface area contributed by atoms with Crippen LogP contribution < -0.4 is 0 Å². The van der Waals surface area contributed by atoms with Crippen molar-refractivity contribution in [3.05, 3.63) is 35.1 Å². The van der Waals surface area contributed by atoms with Crippen molar-refractivity contribution in [2.24, 2.45) is 0 Å². The Hall–Kier alpha value is -0.965. The fourth-order valence-electron chi connectivity index (χ4n) is 0.948. The number of rotatable bonds is 3. The Morgan fingerprint density at radius 1 is 1.38 bits per heavy atom. The molecule has 0 N–H and O–H groups in total. The molecular weight excluding hydrogens is 180 g/mol. The summed E-state index contributed by atoms with van der Waals surface area (Å²) in [4.78, 5) is 0. The third kappa shape index (κ3) is 3.10. The number of hydrogen-bond donors (Lipinski definition) is 0. The third-order valence-electron chi connectivity index (χ3n) is 1.68. The van der Waals surface area contributed by atoms with Crippen molar-refractivity contribution in [3.8, 4) is 0 Å². The molecule has 0 unspecified atom stereocenters. The van der Waals surface area contributed by atoms with Gasteiger partial charge in [0, 0.05) is 0 Å². The van der Waals surface area contributed by atoms with E-state index in [2.05, 4.69) is 4.65 Å². The normalized spacial score (nSPS) is 10.2. The van der Waals surface area contributed by atoms with E-state index in [1.54, 1.807) is 6.92 Å². The number of benzene rings is 1. The van der Waals surface area contributed by atoms with E-state index in [1.807, 2.05) is 0 Å². The lowest BCUT2D eigenvalue weighted by atomic mass is 10.1. The Morgan fingerprint density at radius 3 is 2.69 bits per heavy atom. The first-order valence-corrected chi connectivity index (χ1v) is 3.74. The van der Waals surface area contributed by atoms with Gasteiger partial charge in [-0.05, 0) is 30.2 Å². The van der Waals surface area contributed by atoms with Crippen molar-refractivity contribution in [1.29, 1.82) is 0 Å². The summed E-state index contributed by atoms with van der Waals surface area (Å²) in [5, 5.41) is 0. The van der Waals surface area contributed by atoms with Crippen molar-refractivity contribution >= 4 is 7.47 Å². The van der Waals surface area contributed by atoms with Gasteiger partial charge >= 0.3 is 7.47 Å². The quantitative estimate of drug-likeness (QED) is 0.662. The second kappa shape index (κ2) is 4.32. The first kappa shape index (κ1) is 10.1. The molecule has 0 aliphatic heterocycles. The van der Waals surface area contributed by atoms with Gasteiger partial charge in [0.15, 0.2) is 0 Å². The lowest BCUT2D eigenvalue weighted by Gasteiger charge is -2.04. The highest BCUT2D eigenvalue weighted by Gasteiger charge is 2.15. The molecule has 0 aliphatic carbocycles. The van der Waals surface area contributed by atoms with Crippen molar-refractivity contribution in [2.75, 3.05) is 0 Å². The van der Waals surface area contributed by atoms with Gasteiger partial charge in [0.2, 0.25) is 0 Å². The summed E-state index contributed by atoms with van der Waals surface area (Å²) in [5.74, 6) is -0.446. The fraction of sp³-hybridized carbons (Fsp3) is 0.250. The lowest BCUT2D eigenvalue weighted by Crippen LogP contribution is -2.05. The Bertz CT molecular complexity index is 291. The van der Waals surface area contributed by atoms with Crippen molar-refractivity contribution < 1.29 is 17.7 Å². The van der Waals surface area contributed by atoms with Crippen LogP contribution in [-0.4, -0.2) is 7.47 Å². The van der Waals surface area contributed by atoms with Crippen LogP contribution in [0, 0.1) is 12.7 Å². The van der Waals surface area contributed by atoms with Gasteiger partial charge in [-0.15, -0.1) is 0 Å². The minimum Gasteiger partial charge on any atom is -0.375 e. The Balaban J connectivity index is 2.70. The van der Waals surface area contributed by atoms with Crippen LogP contribution in [-0.2, 0) is 11.3 Å². The second-order valence-electron chi connectivity index (χ2n) is 2.64. The summed E-state index contributed by atoms with van der Waals surface area (Å²) in [6.07, 6.45) is 0. The Kier molecular flexibility index (Phi) is 3.36. The topological polar surface area (TPSA) is 9.23 Å². The van der Waals surface area contributed by atoms with Crippen LogP contribution in [0.1, 0.15) is 11.1 Å². The summed E-state index contributed by atoms with van der Waals surface area (Å²) in [6, 6.07) is 4.00. The van der Waals surface area contributed by atoms with Crippen molar-refractivity contribution in [1.82, 2.24) is 0 Å². The Morgan fingerprint density at radius 2 is 2.08 bits per heavy atom. The molecule has 0 fully saturated rings. The molecule has 0 radical (unpaired) electrons. The van der Waals surface area contributed by atoms with Gasteiger partial charge in [-0.2, -0.15) is 0 Å². The second-order valence-corrected chi connectivity index (χ2v) is 2.64. The molecule has 5 heteroatoms. The highest BCUT2D eigenvalue weighted by Crippen LogP contribution is 2.11. The van der Waals surface area contributed by atoms with E-state index in [0.29, 0.717) is 5.56 Å². The predicted molar refractivity (Wildman–Crippen MR) is 43.9 cm³/mol. The number of hydrogen-bond acceptors (Lipinski definition) is 1. The highest BCUT2D eigenvalue weighted by atomic mass is 19.2. The van der Waals surface area contributed by atoms with Crippen LogP contribution in [0.3, 0.4) is 0 Å². The molecule has 1 rings (SSSR count). The van der Waals surface area contributed by atoms with Gasteiger partial charge in [0.05, 0.1) is 6.61 Å². The van der Waals surface area contributed by atoms with Gasteiger partial charge in [0.25, 0.3) is 0 Å². The van der Waals surface area contributed by atoms with Gasteiger partial charge in [-0.25, -0.2) is 4.39 Å². The van der Waals surface area contributed by atoms with Gasteiger partial charge < -0.3 is 4.65 Å². The third-order valence-corrected chi connectivity index (χ3v) is 1.68. The molecule has 0 atom stereocenters. The van der Waals surface area contributed by atoms with E-state index >= 15 is 0 Å². The molecule has 0 aromatic heterocycles. The monoisotopic (exact) mass is 188 g/mol. The van der Waals surface area contributed by atoms with Crippen molar-refractivity contribution in [2.45, 2.75) is 13.5 Å². The molecule has 0 bridgehead atoms. The Labute approximate surface area is 74.7 Å². The summed E-state index contributed by atoms with van der Waals surface area (Å²) in [6.45, 7) is 1.45. The van der Waals surface area contributed by atoms with E-state index in [9.17, 15) is 13.0 Å². The maximum atomic E-state index is 12.6. The van der Waals surface area contributed by atoms with E-state index in [-0.39, 0.29) is 6.61 Å². The average molecular weight is 188 g/mol. The molecule has 0 spiro atoms. The van der Waals surface area contributed by atoms with E-state index in [1.165, 1.54) is 18.2 Å². The predicted octanol–water partition coefficient (Wildman–Crippen LogP) is 2.57. The lowest BCUT2D eigenvalue weighted by molar-refractivity contribution is 0.243. The van der Waals surface area contributed by atoms with Crippen molar-refractivity contribution in [3.63, 3.8) is 0 Å². The molecule has 1 aromatic carbocycles. The van der Waals surface area contributed by atoms with E-state index in [4.69, 9.17) is 0 Å². The molecule has 13 heavy (non-hydrogen) atoms. The maximum absolute atomic E-state index is 12.6. The zero-order chi connectivity index (χ0) is 9.84. The molecular formula is C8H8BF3O. The van der Waals surface area contributed by atoms with Crippen LogP contribution in [0.2, 0.25) is 0 Å². The summed E-state index contributed by atoms with van der Waals surface area (Å²) in [5.41, 5.74) is 1.18. The molecule has 0 amide bonds. The van der Waals surface area contributed by atoms with E-state index < -0.39 is 13.3 Å². The first-order valence-electron chi connectivity index (χ1n) is 3.74. The molecule has 0 aliphatic rings. The van der Waals surface area contributed by atoms with Gasteiger partial charge in [-0.1, -0.05) is 6.07 Å². The van der Waals surface area contributed by atoms with Gasteiger partial charge in [-0.3, -0.25) is 8.63 Å². The number of aryl methyl sites for hydroxylation is 1. The largest absolute Gasteiger partial charge is 0.721 e. The summed E-state index contributed by atoms with van der Waals surface area (Å²) in [7, 11) is -2.82. The standard InChI is InChI=1S/C8H8BF3O/c1-6-2-3-8(10)4-7(6)5-13-9(11)12/h2-4H,5H2,1H3. The maximum Gasteiger partial charge on any atom is 0.721 e. The zero-order valence-electron chi connectivity index (χ0n) is 7.06. The zero-order valence-corrected chi connectivity index (χ0v) is 7.06. The van der Waals surface area contributed by atoms with Gasteiger partial charge in [0.1, 0.15) is 5.82 Å². The average Bonchev–Trinajstić information content (AvgIpc) is 2.06. The molecule has 0 saturated heterocycles. The molecule has 1 aromatic rings. The SMILES string of the molecule is Cc1ccc(F)cc1COB(F)F. The summed E-state index contributed by atoms with van der Waals surface area (Å²) < 4.78 is 40.0. The smallest absolute Gasteiger partial charge is 0.375 e. The van der Waals surface area contributed by atoms with E-state index in [0.717, 1.165) is 5.56 Å². The van der Waals surface area contributed by atoms with Crippen LogP contribution in [0.15, 0.2) is 18.2 Å². The molecule has 0 saturated carbocycles. The van der Waals surface area contributed by atoms with Crippen LogP contribution >= 0.6 is 0 Å². The van der Waals surface area contributed by atoms with Crippen LogP contribution in [0.5, 0.6) is 0 Å². The molecule has 70 valence electrons. The minimum atomic E-state index is -2.82. The summed E-state index contributed by atoms with van der Waals surface area (Å²) >= 11 is 0. The number of halogens is 3. The van der Waals surface area contributed by atoms with Crippen LogP contribution in [0.4, 0.5) is 13.0 Å². The fourth-order valence-corrected chi connectivity index (χ4v) is 0.948. The minimum absolute atomic E-state index is 0.263.